The second-order valence-electron chi connectivity index (χ2n) is 2.25. The van der Waals surface area contributed by atoms with Gasteiger partial charge in [-0.1, -0.05) is 20.3 Å². The molecule has 0 aromatic heterocycles. The van der Waals surface area contributed by atoms with Crippen LogP contribution in [0.5, 0.6) is 0 Å². The second-order valence-corrected chi connectivity index (χ2v) is 2.25. The molecule has 0 aliphatic rings. The van der Waals surface area contributed by atoms with E-state index in [1.165, 1.54) is 0 Å². The molecule has 0 heterocycles. The fraction of sp³-hybridized carbons (Fsp3) is 0.833. The molecule has 0 spiro atoms. The van der Waals surface area contributed by atoms with Crippen LogP contribution in [0, 0.1) is 5.92 Å². The van der Waals surface area contributed by atoms with Crippen LogP contribution in [-0.4, -0.2) is 17.1 Å². The number of hydrogen-bond acceptors (Lipinski definition) is 2. The van der Waals surface area contributed by atoms with Gasteiger partial charge < -0.3 is 10.8 Å². The summed E-state index contributed by atoms with van der Waals surface area (Å²) in [6.07, 6.45) is 0.813. The zero-order valence-corrected chi connectivity index (χ0v) is 7.02. The molecule has 0 aliphatic carbocycles. The normalized spacial score (nSPS) is 15.1. The number of carbonyl (C=O) groups is 1. The Balaban J connectivity index is 0. The molecule has 0 saturated carbocycles. The molecule has 3 N–H and O–H groups in total. The summed E-state index contributed by atoms with van der Waals surface area (Å²) in [6, 6.07) is -0.699. The van der Waals surface area contributed by atoms with Gasteiger partial charge in [0.1, 0.15) is 6.04 Å². The largest absolute Gasteiger partial charge is 0.480 e. The van der Waals surface area contributed by atoms with E-state index < -0.39 is 12.0 Å². The number of aliphatic carboxylic acids is 1. The van der Waals surface area contributed by atoms with Gasteiger partial charge in [-0.25, -0.2) is 0 Å². The van der Waals surface area contributed by atoms with Crippen LogP contribution in [0.1, 0.15) is 20.3 Å². The van der Waals surface area contributed by atoms with Crippen LogP contribution in [0.15, 0.2) is 0 Å². The molecule has 2 atom stereocenters. The molecule has 0 aromatic carbocycles. The molecule has 1 unspecified atom stereocenters. The molecular weight excluding hydrogens is 154 g/mol. The summed E-state index contributed by atoms with van der Waals surface area (Å²) < 4.78 is 0. The first-order chi connectivity index (χ1) is 4.09. The fourth-order valence-corrected chi connectivity index (χ4v) is 0.497. The van der Waals surface area contributed by atoms with Crippen molar-refractivity contribution in [2.24, 2.45) is 11.7 Å². The van der Waals surface area contributed by atoms with Crippen molar-refractivity contribution in [1.82, 2.24) is 0 Å². The van der Waals surface area contributed by atoms with Crippen LogP contribution in [0.3, 0.4) is 0 Å². The highest BCUT2D eigenvalue weighted by atomic mass is 35.5. The van der Waals surface area contributed by atoms with E-state index in [0.717, 1.165) is 6.42 Å². The maximum atomic E-state index is 10.2. The minimum Gasteiger partial charge on any atom is -0.480 e. The van der Waals surface area contributed by atoms with E-state index in [1.54, 1.807) is 0 Å². The third-order valence-corrected chi connectivity index (χ3v) is 1.54. The highest BCUT2D eigenvalue weighted by Crippen LogP contribution is 2.04. The average molecular weight is 168 g/mol. The van der Waals surface area contributed by atoms with Crippen molar-refractivity contribution < 1.29 is 9.90 Å². The maximum absolute atomic E-state index is 10.2. The van der Waals surface area contributed by atoms with Crippen molar-refractivity contribution in [3.63, 3.8) is 0 Å². The van der Waals surface area contributed by atoms with Crippen molar-refractivity contribution in [3.8, 4) is 0 Å². The summed E-state index contributed by atoms with van der Waals surface area (Å²) in [5.74, 6) is -0.841. The van der Waals surface area contributed by atoms with E-state index in [4.69, 9.17) is 10.8 Å². The Morgan fingerprint density at radius 2 is 2.10 bits per heavy atom. The molecule has 0 aliphatic heterocycles. The van der Waals surface area contributed by atoms with E-state index in [0.29, 0.717) is 0 Å². The Morgan fingerprint density at radius 1 is 1.70 bits per heavy atom. The maximum Gasteiger partial charge on any atom is 0.320 e. The van der Waals surface area contributed by atoms with Crippen LogP contribution in [0.2, 0.25) is 0 Å². The second kappa shape index (κ2) is 5.50. The SMILES string of the molecule is CCC(C)[C@H](N)C(=O)O.Cl. The van der Waals surface area contributed by atoms with Gasteiger partial charge in [0.2, 0.25) is 0 Å². The molecule has 4 heteroatoms. The Bertz CT molecular complexity index is 108. The van der Waals surface area contributed by atoms with Crippen molar-refractivity contribution in [2.75, 3.05) is 0 Å². The molecule has 0 bridgehead atoms. The van der Waals surface area contributed by atoms with Gasteiger partial charge in [0.05, 0.1) is 0 Å². The Kier molecular flexibility index (Phi) is 6.82. The van der Waals surface area contributed by atoms with Gasteiger partial charge >= 0.3 is 5.97 Å². The minimum atomic E-state index is -0.913. The molecular formula is C6H14ClNO2. The quantitative estimate of drug-likeness (QED) is 0.656. The molecule has 0 fully saturated rings. The van der Waals surface area contributed by atoms with Gasteiger partial charge in [0.25, 0.3) is 0 Å². The summed E-state index contributed by atoms with van der Waals surface area (Å²) in [7, 11) is 0. The summed E-state index contributed by atoms with van der Waals surface area (Å²) in [5, 5.41) is 8.36. The first-order valence-electron chi connectivity index (χ1n) is 3.08. The number of carboxylic acid groups (broad SMARTS) is 1. The molecule has 3 nitrogen and oxygen atoms in total. The Labute approximate surface area is 67.0 Å². The Hall–Kier alpha value is -0.280. The lowest BCUT2D eigenvalue weighted by Gasteiger charge is -2.11. The highest BCUT2D eigenvalue weighted by molar-refractivity contribution is 5.85. The molecule has 10 heavy (non-hydrogen) atoms. The fourth-order valence-electron chi connectivity index (χ4n) is 0.497. The van der Waals surface area contributed by atoms with E-state index in [2.05, 4.69) is 0 Å². The lowest BCUT2D eigenvalue weighted by atomic mass is 10.0. The van der Waals surface area contributed by atoms with Crippen LogP contribution >= 0.6 is 12.4 Å². The van der Waals surface area contributed by atoms with Crippen molar-refractivity contribution in [2.45, 2.75) is 26.3 Å². The first kappa shape index (κ1) is 12.4. The zero-order chi connectivity index (χ0) is 7.44. The Morgan fingerprint density at radius 3 is 2.20 bits per heavy atom. The number of hydrogen-bond donors (Lipinski definition) is 2. The van der Waals surface area contributed by atoms with Crippen molar-refractivity contribution in [1.29, 1.82) is 0 Å². The molecule has 62 valence electrons. The van der Waals surface area contributed by atoms with Crippen LogP contribution in [0.4, 0.5) is 0 Å². The topological polar surface area (TPSA) is 63.3 Å². The lowest BCUT2D eigenvalue weighted by molar-refractivity contribution is -0.139. The highest BCUT2D eigenvalue weighted by Gasteiger charge is 2.17. The van der Waals surface area contributed by atoms with Gasteiger partial charge in [-0.15, -0.1) is 12.4 Å². The smallest absolute Gasteiger partial charge is 0.320 e. The summed E-state index contributed by atoms with van der Waals surface area (Å²) in [6.45, 7) is 3.76. The predicted octanol–water partition coefficient (Wildman–Crippen LogP) is 0.866. The lowest BCUT2D eigenvalue weighted by Crippen LogP contribution is -2.36. The van der Waals surface area contributed by atoms with Gasteiger partial charge in [-0.3, -0.25) is 4.79 Å². The monoisotopic (exact) mass is 167 g/mol. The summed E-state index contributed by atoms with van der Waals surface area (Å²) >= 11 is 0. The summed E-state index contributed by atoms with van der Waals surface area (Å²) in [4.78, 5) is 10.2. The van der Waals surface area contributed by atoms with Crippen molar-refractivity contribution in [3.05, 3.63) is 0 Å². The average Bonchev–Trinajstić information content (AvgIpc) is 1.84. The van der Waals surface area contributed by atoms with Gasteiger partial charge in [-0.05, 0) is 5.92 Å². The number of carboxylic acids is 1. The van der Waals surface area contributed by atoms with Crippen LogP contribution < -0.4 is 5.73 Å². The minimum absolute atomic E-state index is 0. The van der Waals surface area contributed by atoms with E-state index in [-0.39, 0.29) is 18.3 Å². The van der Waals surface area contributed by atoms with Crippen molar-refractivity contribution >= 4 is 18.4 Å². The zero-order valence-electron chi connectivity index (χ0n) is 6.20. The third kappa shape index (κ3) is 3.69. The third-order valence-electron chi connectivity index (χ3n) is 1.54. The molecule has 0 amide bonds. The van der Waals surface area contributed by atoms with E-state index >= 15 is 0 Å². The predicted molar refractivity (Wildman–Crippen MR) is 42.3 cm³/mol. The number of nitrogens with two attached hydrogens (primary N) is 1. The number of rotatable bonds is 3. The van der Waals surface area contributed by atoms with Crippen LogP contribution in [-0.2, 0) is 4.79 Å². The van der Waals surface area contributed by atoms with Crippen LogP contribution in [0.25, 0.3) is 0 Å². The van der Waals surface area contributed by atoms with Gasteiger partial charge in [0, 0.05) is 0 Å². The first-order valence-corrected chi connectivity index (χ1v) is 3.08. The van der Waals surface area contributed by atoms with Gasteiger partial charge in [-0.2, -0.15) is 0 Å². The van der Waals surface area contributed by atoms with E-state index in [9.17, 15) is 4.79 Å². The summed E-state index contributed by atoms with van der Waals surface area (Å²) in [5.41, 5.74) is 5.27. The molecule has 0 rings (SSSR count). The molecule has 0 radical (unpaired) electrons. The number of halogens is 1. The van der Waals surface area contributed by atoms with E-state index in [1.807, 2.05) is 13.8 Å². The molecule has 0 saturated heterocycles. The standard InChI is InChI=1S/C6H13NO2.ClH/c1-3-4(2)5(7)6(8)9;/h4-5H,3,7H2,1-2H3,(H,8,9);1H/t4?,5-;/m0./s1. The molecule has 0 aromatic rings. The van der Waals surface area contributed by atoms with Gasteiger partial charge in [0.15, 0.2) is 0 Å².